The summed E-state index contributed by atoms with van der Waals surface area (Å²) in [5.74, 6) is 0.224. The van der Waals surface area contributed by atoms with Gasteiger partial charge in [0.15, 0.2) is 0 Å². The highest BCUT2D eigenvalue weighted by molar-refractivity contribution is 7.90. The molecule has 19 heavy (non-hydrogen) atoms. The van der Waals surface area contributed by atoms with Crippen LogP contribution in [0.1, 0.15) is 19.8 Å². The molecule has 0 aliphatic carbocycles. The summed E-state index contributed by atoms with van der Waals surface area (Å²) >= 11 is 0. The van der Waals surface area contributed by atoms with Gasteiger partial charge in [0.25, 0.3) is 0 Å². The third-order valence-electron chi connectivity index (χ3n) is 3.60. The lowest BCUT2D eigenvalue weighted by atomic mass is 9.82. The molecule has 1 atom stereocenters. The Hall–Kier alpha value is -0.170. The summed E-state index contributed by atoms with van der Waals surface area (Å²) in [6, 6.07) is 0. The Morgan fingerprint density at radius 2 is 2.16 bits per heavy atom. The summed E-state index contributed by atoms with van der Waals surface area (Å²) < 4.78 is 28.1. The SMILES string of the molecule is CCNCC1(CN(C)CCS(C)(=O)=O)CCCOC1. The van der Waals surface area contributed by atoms with Crippen molar-refractivity contribution in [3.8, 4) is 0 Å². The van der Waals surface area contributed by atoms with Crippen LogP contribution in [-0.4, -0.2) is 71.8 Å². The molecule has 1 N–H and O–H groups in total. The van der Waals surface area contributed by atoms with Gasteiger partial charge in [-0.1, -0.05) is 6.92 Å². The van der Waals surface area contributed by atoms with Gasteiger partial charge in [-0.25, -0.2) is 8.42 Å². The molecule has 5 nitrogen and oxygen atoms in total. The molecule has 1 aliphatic heterocycles. The predicted octanol–water partition coefficient (Wildman–Crippen LogP) is 0.369. The second-order valence-electron chi connectivity index (χ2n) is 5.80. The molecule has 0 aromatic rings. The van der Waals surface area contributed by atoms with Crippen molar-refractivity contribution >= 4 is 9.84 Å². The van der Waals surface area contributed by atoms with Crippen LogP contribution in [0.4, 0.5) is 0 Å². The van der Waals surface area contributed by atoms with Gasteiger partial charge in [0.05, 0.1) is 12.4 Å². The van der Waals surface area contributed by atoms with Crippen molar-refractivity contribution in [3.05, 3.63) is 0 Å². The average molecular weight is 292 g/mol. The Balaban J connectivity index is 2.51. The Labute approximate surface area is 117 Å². The summed E-state index contributed by atoms with van der Waals surface area (Å²) in [5, 5.41) is 3.41. The minimum atomic E-state index is -2.89. The van der Waals surface area contributed by atoms with Crippen LogP contribution in [0.3, 0.4) is 0 Å². The molecule has 0 aromatic heterocycles. The van der Waals surface area contributed by atoms with E-state index in [1.54, 1.807) is 0 Å². The summed E-state index contributed by atoms with van der Waals surface area (Å²) in [6.07, 6.45) is 3.52. The fraction of sp³-hybridized carbons (Fsp3) is 1.00. The molecule has 1 saturated heterocycles. The van der Waals surface area contributed by atoms with Gasteiger partial charge >= 0.3 is 0 Å². The highest BCUT2D eigenvalue weighted by Crippen LogP contribution is 2.28. The molecular weight excluding hydrogens is 264 g/mol. The summed E-state index contributed by atoms with van der Waals surface area (Å²) in [5.41, 5.74) is 0.126. The first-order chi connectivity index (χ1) is 8.87. The lowest BCUT2D eigenvalue weighted by Gasteiger charge is -2.40. The maximum Gasteiger partial charge on any atom is 0.148 e. The molecular formula is C13H28N2O3S. The number of rotatable bonds is 8. The number of hydrogen-bond donors (Lipinski definition) is 1. The van der Waals surface area contributed by atoms with Crippen LogP contribution in [0.15, 0.2) is 0 Å². The van der Waals surface area contributed by atoms with Gasteiger partial charge in [0.1, 0.15) is 9.84 Å². The van der Waals surface area contributed by atoms with Crippen LogP contribution in [0.5, 0.6) is 0 Å². The van der Waals surface area contributed by atoms with Crippen LogP contribution in [-0.2, 0) is 14.6 Å². The zero-order valence-electron chi connectivity index (χ0n) is 12.4. The smallest absolute Gasteiger partial charge is 0.148 e. The van der Waals surface area contributed by atoms with E-state index in [1.807, 2.05) is 7.05 Å². The van der Waals surface area contributed by atoms with Crippen molar-refractivity contribution in [3.63, 3.8) is 0 Å². The first kappa shape index (κ1) is 16.9. The van der Waals surface area contributed by atoms with E-state index in [-0.39, 0.29) is 11.2 Å². The third-order valence-corrected chi connectivity index (χ3v) is 4.53. The maximum atomic E-state index is 11.2. The minimum absolute atomic E-state index is 0.126. The van der Waals surface area contributed by atoms with E-state index in [0.29, 0.717) is 6.54 Å². The first-order valence-corrected chi connectivity index (χ1v) is 9.08. The van der Waals surface area contributed by atoms with Gasteiger partial charge in [-0.3, -0.25) is 0 Å². The van der Waals surface area contributed by atoms with Gasteiger partial charge in [0.2, 0.25) is 0 Å². The molecule has 1 heterocycles. The quantitative estimate of drug-likeness (QED) is 0.700. The molecule has 0 saturated carbocycles. The molecule has 6 heteroatoms. The highest BCUT2D eigenvalue weighted by Gasteiger charge is 2.33. The standard InChI is InChI=1S/C13H28N2O3S/c1-4-14-10-13(6-5-8-18-12-13)11-15(2)7-9-19(3,16)17/h14H,4-12H2,1-3H3. The normalized spacial score (nSPS) is 24.8. The lowest BCUT2D eigenvalue weighted by Crippen LogP contribution is -2.48. The van der Waals surface area contributed by atoms with Crippen molar-refractivity contribution in [2.24, 2.45) is 5.41 Å². The van der Waals surface area contributed by atoms with Crippen molar-refractivity contribution < 1.29 is 13.2 Å². The van der Waals surface area contributed by atoms with Gasteiger partial charge in [-0.05, 0) is 26.4 Å². The molecule has 0 spiro atoms. The number of nitrogens with zero attached hydrogens (tertiary/aromatic N) is 1. The fourth-order valence-corrected chi connectivity index (χ4v) is 3.24. The predicted molar refractivity (Wildman–Crippen MR) is 78.2 cm³/mol. The first-order valence-electron chi connectivity index (χ1n) is 7.02. The van der Waals surface area contributed by atoms with Gasteiger partial charge in [-0.2, -0.15) is 0 Å². The Morgan fingerprint density at radius 1 is 1.42 bits per heavy atom. The highest BCUT2D eigenvalue weighted by atomic mass is 32.2. The topological polar surface area (TPSA) is 58.6 Å². The van der Waals surface area contributed by atoms with E-state index in [0.717, 1.165) is 45.7 Å². The minimum Gasteiger partial charge on any atom is -0.381 e. The molecule has 1 rings (SSSR count). The number of ether oxygens (including phenoxy) is 1. The molecule has 1 unspecified atom stereocenters. The van der Waals surface area contributed by atoms with Crippen molar-refractivity contribution in [2.75, 3.05) is 58.4 Å². The van der Waals surface area contributed by atoms with Crippen LogP contribution in [0, 0.1) is 5.41 Å². The molecule has 0 radical (unpaired) electrons. The molecule has 114 valence electrons. The third kappa shape index (κ3) is 6.70. The van der Waals surface area contributed by atoms with Crippen LogP contribution in [0.2, 0.25) is 0 Å². The molecule has 0 bridgehead atoms. The Morgan fingerprint density at radius 3 is 2.68 bits per heavy atom. The average Bonchev–Trinajstić information content (AvgIpc) is 2.34. The number of nitrogens with one attached hydrogen (secondary N) is 1. The number of hydrogen-bond acceptors (Lipinski definition) is 5. The van der Waals surface area contributed by atoms with Crippen molar-refractivity contribution in [1.82, 2.24) is 10.2 Å². The van der Waals surface area contributed by atoms with Gasteiger partial charge < -0.3 is 15.0 Å². The van der Waals surface area contributed by atoms with Gasteiger partial charge in [-0.15, -0.1) is 0 Å². The lowest BCUT2D eigenvalue weighted by molar-refractivity contribution is -0.0217. The number of sulfone groups is 1. The zero-order valence-corrected chi connectivity index (χ0v) is 13.3. The zero-order chi connectivity index (χ0) is 14.4. The molecule has 1 fully saturated rings. The van der Waals surface area contributed by atoms with E-state index >= 15 is 0 Å². The maximum absolute atomic E-state index is 11.2. The molecule has 0 amide bonds. The Kier molecular flexibility index (Phi) is 6.73. The summed E-state index contributed by atoms with van der Waals surface area (Å²) in [7, 11) is -0.892. The molecule has 0 aromatic carbocycles. The van der Waals surface area contributed by atoms with E-state index < -0.39 is 9.84 Å². The van der Waals surface area contributed by atoms with Crippen molar-refractivity contribution in [2.45, 2.75) is 19.8 Å². The monoisotopic (exact) mass is 292 g/mol. The Bertz CT molecular complexity index is 351. The van der Waals surface area contributed by atoms with Crippen LogP contribution < -0.4 is 5.32 Å². The van der Waals surface area contributed by atoms with Gasteiger partial charge in [0, 0.05) is 37.9 Å². The van der Waals surface area contributed by atoms with Crippen molar-refractivity contribution in [1.29, 1.82) is 0 Å². The largest absolute Gasteiger partial charge is 0.381 e. The van der Waals surface area contributed by atoms with Crippen LogP contribution >= 0.6 is 0 Å². The van der Waals surface area contributed by atoms with E-state index in [9.17, 15) is 8.42 Å². The second-order valence-corrected chi connectivity index (χ2v) is 8.06. The van der Waals surface area contributed by atoms with E-state index in [2.05, 4.69) is 17.1 Å². The van der Waals surface area contributed by atoms with E-state index in [1.165, 1.54) is 6.26 Å². The van der Waals surface area contributed by atoms with E-state index in [4.69, 9.17) is 4.74 Å². The fourth-order valence-electron chi connectivity index (χ4n) is 2.59. The molecule has 1 aliphatic rings. The second kappa shape index (κ2) is 7.57. The summed E-state index contributed by atoms with van der Waals surface area (Å²) in [6.45, 7) is 7.08. The summed E-state index contributed by atoms with van der Waals surface area (Å²) in [4.78, 5) is 2.12. The van der Waals surface area contributed by atoms with Crippen LogP contribution in [0.25, 0.3) is 0 Å².